The molecule has 0 radical (unpaired) electrons. The molecule has 0 saturated heterocycles. The van der Waals surface area contributed by atoms with Gasteiger partial charge in [0.05, 0.1) is 0 Å². The van der Waals surface area contributed by atoms with Gasteiger partial charge < -0.3 is 0 Å². The fourth-order valence-corrected chi connectivity index (χ4v) is 2.65. The van der Waals surface area contributed by atoms with Crippen molar-refractivity contribution >= 4 is 18.5 Å². The van der Waals surface area contributed by atoms with Crippen molar-refractivity contribution in [3.05, 3.63) is 71.8 Å². The molecule has 0 N–H and O–H groups in total. The monoisotopic (exact) mass is 246 g/mol. The van der Waals surface area contributed by atoms with Gasteiger partial charge in [-0.05, 0) is 11.1 Å². The maximum absolute atomic E-state index is 2.94. The van der Waals surface area contributed by atoms with Crippen molar-refractivity contribution in [1.29, 1.82) is 0 Å². The van der Waals surface area contributed by atoms with Crippen molar-refractivity contribution in [3.63, 3.8) is 0 Å². The molecule has 0 fully saturated rings. The van der Waals surface area contributed by atoms with Crippen LogP contribution in [-0.4, -0.2) is 0 Å². The van der Waals surface area contributed by atoms with E-state index in [1.807, 2.05) is 0 Å². The Kier molecular flexibility index (Phi) is 4.10. The SMILES string of the molecule is P[C@H](c1ccccc1)[C@@H](P)c1ccccc1. The van der Waals surface area contributed by atoms with E-state index in [4.69, 9.17) is 0 Å². The van der Waals surface area contributed by atoms with Gasteiger partial charge in [-0.25, -0.2) is 0 Å². The van der Waals surface area contributed by atoms with Crippen LogP contribution >= 0.6 is 18.5 Å². The summed E-state index contributed by atoms with van der Waals surface area (Å²) in [6.07, 6.45) is 0. The lowest BCUT2D eigenvalue weighted by Crippen LogP contribution is -1.98. The summed E-state index contributed by atoms with van der Waals surface area (Å²) in [5.74, 6) is 0. The van der Waals surface area contributed by atoms with Gasteiger partial charge in [0.2, 0.25) is 0 Å². The molecule has 2 aromatic carbocycles. The van der Waals surface area contributed by atoms with Gasteiger partial charge in [-0.1, -0.05) is 60.7 Å². The molecule has 0 saturated carbocycles. The second-order valence-electron chi connectivity index (χ2n) is 3.87. The zero-order valence-corrected chi connectivity index (χ0v) is 11.4. The van der Waals surface area contributed by atoms with E-state index in [-0.39, 0.29) is 0 Å². The van der Waals surface area contributed by atoms with Crippen LogP contribution in [0.2, 0.25) is 0 Å². The smallest absolute Gasteiger partial charge is 0.00883 e. The molecule has 2 aromatic rings. The predicted octanol–water partition coefficient (Wildman–Crippen LogP) is 4.22. The molecule has 0 heterocycles. The van der Waals surface area contributed by atoms with Gasteiger partial charge >= 0.3 is 0 Å². The number of rotatable bonds is 3. The Bertz CT molecular complexity index is 382. The minimum atomic E-state index is 0.439. The molecule has 0 amide bonds. The van der Waals surface area contributed by atoms with Crippen molar-refractivity contribution in [3.8, 4) is 0 Å². The minimum Gasteiger partial charge on any atom is -0.129 e. The highest BCUT2D eigenvalue weighted by Crippen LogP contribution is 2.42. The van der Waals surface area contributed by atoms with Crippen LogP contribution in [0.25, 0.3) is 0 Å². The van der Waals surface area contributed by atoms with Crippen LogP contribution in [0.3, 0.4) is 0 Å². The second-order valence-corrected chi connectivity index (χ2v) is 5.31. The summed E-state index contributed by atoms with van der Waals surface area (Å²) < 4.78 is 0. The molecule has 0 spiro atoms. The fourth-order valence-electron chi connectivity index (χ4n) is 1.77. The molecule has 82 valence electrons. The molecule has 0 aliphatic rings. The van der Waals surface area contributed by atoms with Crippen molar-refractivity contribution in [2.75, 3.05) is 0 Å². The van der Waals surface area contributed by atoms with Gasteiger partial charge in [0.15, 0.2) is 0 Å². The first kappa shape index (κ1) is 11.8. The number of hydrogen-bond donors (Lipinski definition) is 0. The number of benzene rings is 2. The Balaban J connectivity index is 2.20. The molecule has 0 bridgehead atoms. The van der Waals surface area contributed by atoms with Gasteiger partial charge in [0.1, 0.15) is 0 Å². The molecule has 0 aliphatic heterocycles. The van der Waals surface area contributed by atoms with Crippen LogP contribution in [0.4, 0.5) is 0 Å². The maximum atomic E-state index is 2.94. The average molecular weight is 246 g/mol. The summed E-state index contributed by atoms with van der Waals surface area (Å²) in [7, 11) is 5.88. The van der Waals surface area contributed by atoms with Crippen molar-refractivity contribution < 1.29 is 0 Å². The fraction of sp³-hybridized carbons (Fsp3) is 0.143. The highest BCUT2D eigenvalue weighted by molar-refractivity contribution is 7.22. The van der Waals surface area contributed by atoms with Gasteiger partial charge in [-0.2, -0.15) is 0 Å². The first-order chi connectivity index (χ1) is 7.79. The van der Waals surface area contributed by atoms with Crippen LogP contribution in [0.15, 0.2) is 60.7 Å². The van der Waals surface area contributed by atoms with Crippen LogP contribution in [0.5, 0.6) is 0 Å². The van der Waals surface area contributed by atoms with E-state index in [1.54, 1.807) is 0 Å². The van der Waals surface area contributed by atoms with Crippen LogP contribution < -0.4 is 0 Å². The van der Waals surface area contributed by atoms with E-state index < -0.39 is 0 Å². The lowest BCUT2D eigenvalue weighted by Gasteiger charge is -2.20. The summed E-state index contributed by atoms with van der Waals surface area (Å²) in [4.78, 5) is 0. The standard InChI is InChI=1S/C14H16P2/c15-13(11-7-3-1-4-8-11)14(16)12-9-5-2-6-10-12/h1-10,13-14H,15-16H2/t13-,14+. The van der Waals surface area contributed by atoms with E-state index >= 15 is 0 Å². The van der Waals surface area contributed by atoms with Crippen molar-refractivity contribution in [2.24, 2.45) is 0 Å². The van der Waals surface area contributed by atoms with Gasteiger partial charge in [0.25, 0.3) is 0 Å². The summed E-state index contributed by atoms with van der Waals surface area (Å²) in [5, 5.41) is 0. The molecule has 0 nitrogen and oxygen atoms in total. The van der Waals surface area contributed by atoms with E-state index in [0.29, 0.717) is 11.3 Å². The molecule has 2 heteroatoms. The van der Waals surface area contributed by atoms with Crippen molar-refractivity contribution in [2.45, 2.75) is 11.3 Å². The molecule has 0 aromatic heterocycles. The summed E-state index contributed by atoms with van der Waals surface area (Å²) >= 11 is 0. The lowest BCUT2D eigenvalue weighted by molar-refractivity contribution is 0.908. The molecule has 2 unspecified atom stereocenters. The third-order valence-electron chi connectivity index (χ3n) is 2.76. The minimum absolute atomic E-state index is 0.439. The molecule has 16 heavy (non-hydrogen) atoms. The van der Waals surface area contributed by atoms with E-state index in [1.165, 1.54) is 11.1 Å². The predicted molar refractivity (Wildman–Crippen MR) is 77.8 cm³/mol. The summed E-state index contributed by atoms with van der Waals surface area (Å²) in [6, 6.07) is 21.2. The van der Waals surface area contributed by atoms with Crippen molar-refractivity contribution in [1.82, 2.24) is 0 Å². The lowest BCUT2D eigenvalue weighted by atomic mass is 10.0. The van der Waals surface area contributed by atoms with Crippen LogP contribution in [0.1, 0.15) is 22.4 Å². The number of hydrogen-bond acceptors (Lipinski definition) is 0. The first-order valence-corrected chi connectivity index (χ1v) is 6.73. The van der Waals surface area contributed by atoms with Gasteiger partial charge in [-0.3, -0.25) is 0 Å². The molecular weight excluding hydrogens is 230 g/mol. The Morgan fingerprint density at radius 3 is 1.19 bits per heavy atom. The molecule has 0 aliphatic carbocycles. The molecule has 2 rings (SSSR count). The van der Waals surface area contributed by atoms with E-state index in [0.717, 1.165) is 0 Å². The molecule has 4 atom stereocenters. The quantitative estimate of drug-likeness (QED) is 0.711. The Morgan fingerprint density at radius 1 is 0.562 bits per heavy atom. The zero-order chi connectivity index (χ0) is 11.4. The van der Waals surface area contributed by atoms with Gasteiger partial charge in [0, 0.05) is 11.3 Å². The highest BCUT2D eigenvalue weighted by atomic mass is 31.0. The third-order valence-corrected chi connectivity index (χ3v) is 4.80. The summed E-state index contributed by atoms with van der Waals surface area (Å²) in [5.41, 5.74) is 3.59. The maximum Gasteiger partial charge on any atom is 0.00883 e. The largest absolute Gasteiger partial charge is 0.129 e. The highest BCUT2D eigenvalue weighted by Gasteiger charge is 2.15. The van der Waals surface area contributed by atoms with Crippen LogP contribution in [0, 0.1) is 0 Å². The third kappa shape index (κ3) is 2.70. The van der Waals surface area contributed by atoms with E-state index in [9.17, 15) is 0 Å². The summed E-state index contributed by atoms with van der Waals surface area (Å²) in [6.45, 7) is 0. The topological polar surface area (TPSA) is 0 Å². The van der Waals surface area contributed by atoms with Gasteiger partial charge in [-0.15, -0.1) is 18.5 Å². The molecular formula is C14H16P2. The normalized spacial score (nSPS) is 14.4. The average Bonchev–Trinajstić information content (AvgIpc) is 2.39. The van der Waals surface area contributed by atoms with Crippen LogP contribution in [-0.2, 0) is 0 Å². The zero-order valence-electron chi connectivity index (χ0n) is 9.08. The Labute approximate surface area is 102 Å². The van der Waals surface area contributed by atoms with E-state index in [2.05, 4.69) is 79.1 Å². The second kappa shape index (κ2) is 5.58. The Hall–Kier alpha value is -0.700. The first-order valence-electron chi connectivity index (χ1n) is 5.40. The Morgan fingerprint density at radius 2 is 0.875 bits per heavy atom.